The van der Waals surface area contributed by atoms with Crippen molar-refractivity contribution in [2.24, 2.45) is 0 Å². The van der Waals surface area contributed by atoms with Crippen molar-refractivity contribution in [1.29, 1.82) is 0 Å². The summed E-state index contributed by atoms with van der Waals surface area (Å²) in [5, 5.41) is 15.8. The van der Waals surface area contributed by atoms with Gasteiger partial charge in [-0.05, 0) is 74.3 Å². The molecule has 0 amide bonds. The Morgan fingerprint density at radius 2 is 1.97 bits per heavy atom. The number of halogens is 1. The number of ether oxygens (including phenoxy) is 1. The molecule has 9 nitrogen and oxygen atoms in total. The second-order valence-electron chi connectivity index (χ2n) is 9.04. The molecule has 37 heavy (non-hydrogen) atoms. The first-order valence-corrected chi connectivity index (χ1v) is 14.0. The first kappa shape index (κ1) is 26.8. The standard InChI is InChI=1S/C26H32FN5O4S/c1-36-25-6-4-19(16-20(25)17-32(37(2,34)35)21-8-11-28-12-9-21)23-10-14-30-26(31-23)29-13-7-18-3-5-24(33)22(27)15-18/h3-6,10,14-16,21,28,33H,7-9,11-13,17H2,1-2H3,(H,29,30,31). The van der Waals surface area contributed by atoms with E-state index in [0.717, 1.165) is 42.6 Å². The Morgan fingerprint density at radius 1 is 1.19 bits per heavy atom. The van der Waals surface area contributed by atoms with Crippen molar-refractivity contribution in [2.75, 3.05) is 38.3 Å². The zero-order valence-electron chi connectivity index (χ0n) is 20.9. The van der Waals surface area contributed by atoms with Crippen molar-refractivity contribution in [2.45, 2.75) is 31.8 Å². The molecule has 0 saturated carbocycles. The van der Waals surface area contributed by atoms with Gasteiger partial charge in [-0.15, -0.1) is 0 Å². The number of phenolic OH excluding ortho intramolecular Hbond substituents is 1. The van der Waals surface area contributed by atoms with Crippen LogP contribution in [-0.4, -0.2) is 66.8 Å². The molecule has 1 aliphatic heterocycles. The van der Waals surface area contributed by atoms with E-state index in [-0.39, 0.29) is 18.3 Å². The van der Waals surface area contributed by atoms with Crippen LogP contribution in [0.2, 0.25) is 0 Å². The molecule has 11 heteroatoms. The van der Waals surface area contributed by atoms with E-state index in [9.17, 15) is 17.9 Å². The zero-order valence-corrected chi connectivity index (χ0v) is 21.8. The summed E-state index contributed by atoms with van der Waals surface area (Å²) in [6, 6.07) is 11.6. The lowest BCUT2D eigenvalue weighted by Crippen LogP contribution is -2.45. The van der Waals surface area contributed by atoms with Crippen LogP contribution in [-0.2, 0) is 23.0 Å². The van der Waals surface area contributed by atoms with E-state index in [4.69, 9.17) is 4.74 Å². The maximum absolute atomic E-state index is 13.6. The van der Waals surface area contributed by atoms with Gasteiger partial charge >= 0.3 is 0 Å². The zero-order chi connectivity index (χ0) is 26.4. The van der Waals surface area contributed by atoms with E-state index in [1.165, 1.54) is 18.4 Å². The lowest BCUT2D eigenvalue weighted by molar-refractivity contribution is 0.255. The van der Waals surface area contributed by atoms with Gasteiger partial charge in [0.25, 0.3) is 0 Å². The molecule has 4 rings (SSSR count). The molecule has 0 aliphatic carbocycles. The maximum Gasteiger partial charge on any atom is 0.223 e. The van der Waals surface area contributed by atoms with Crippen molar-refractivity contribution in [3.63, 3.8) is 0 Å². The molecule has 0 spiro atoms. The normalized spacial score (nSPS) is 14.6. The molecule has 2 heterocycles. The molecule has 1 saturated heterocycles. The van der Waals surface area contributed by atoms with Gasteiger partial charge in [-0.3, -0.25) is 0 Å². The molecule has 0 unspecified atom stereocenters. The lowest BCUT2D eigenvalue weighted by atomic mass is 10.0. The number of rotatable bonds is 10. The summed E-state index contributed by atoms with van der Waals surface area (Å²) < 4.78 is 46.0. The van der Waals surface area contributed by atoms with Crippen LogP contribution >= 0.6 is 0 Å². The highest BCUT2D eigenvalue weighted by molar-refractivity contribution is 7.88. The van der Waals surface area contributed by atoms with E-state index in [2.05, 4.69) is 20.6 Å². The summed E-state index contributed by atoms with van der Waals surface area (Å²) in [5.74, 6) is 0.00381. The Bertz CT molecular complexity index is 1330. The molecule has 198 valence electrons. The van der Waals surface area contributed by atoms with Crippen molar-refractivity contribution in [3.05, 3.63) is 65.6 Å². The van der Waals surface area contributed by atoms with E-state index in [1.807, 2.05) is 18.2 Å². The number of benzene rings is 2. The summed E-state index contributed by atoms with van der Waals surface area (Å²) in [7, 11) is -1.86. The Kier molecular flexibility index (Phi) is 8.57. The number of hydrogen-bond acceptors (Lipinski definition) is 8. The summed E-state index contributed by atoms with van der Waals surface area (Å²) in [6.07, 6.45) is 4.93. The fraction of sp³-hybridized carbons (Fsp3) is 0.385. The topological polar surface area (TPSA) is 117 Å². The number of methoxy groups -OCH3 is 1. The molecule has 1 fully saturated rings. The molecule has 3 N–H and O–H groups in total. The highest BCUT2D eigenvalue weighted by atomic mass is 32.2. The molecule has 0 atom stereocenters. The number of nitrogens with one attached hydrogen (secondary N) is 2. The Morgan fingerprint density at radius 3 is 2.68 bits per heavy atom. The van der Waals surface area contributed by atoms with Crippen LogP contribution in [0.3, 0.4) is 0 Å². The van der Waals surface area contributed by atoms with Crippen LogP contribution in [0, 0.1) is 5.82 Å². The summed E-state index contributed by atoms with van der Waals surface area (Å²) in [5.41, 5.74) is 2.97. The smallest absolute Gasteiger partial charge is 0.223 e. The van der Waals surface area contributed by atoms with Gasteiger partial charge < -0.3 is 20.5 Å². The minimum Gasteiger partial charge on any atom is -0.505 e. The van der Waals surface area contributed by atoms with Crippen LogP contribution in [0.5, 0.6) is 11.5 Å². The first-order valence-electron chi connectivity index (χ1n) is 12.1. The van der Waals surface area contributed by atoms with Crippen molar-refractivity contribution in [3.8, 4) is 22.8 Å². The molecule has 2 aromatic carbocycles. The fourth-order valence-electron chi connectivity index (χ4n) is 4.47. The minimum atomic E-state index is -3.43. The monoisotopic (exact) mass is 529 g/mol. The quantitative estimate of drug-likeness (QED) is 0.367. The molecule has 1 aromatic heterocycles. The van der Waals surface area contributed by atoms with E-state index in [0.29, 0.717) is 30.4 Å². The second kappa shape index (κ2) is 11.8. The summed E-state index contributed by atoms with van der Waals surface area (Å²) >= 11 is 0. The number of aromatic nitrogens is 2. The number of nitrogens with zero attached hydrogens (tertiary/aromatic N) is 3. The van der Waals surface area contributed by atoms with Gasteiger partial charge in [0, 0.05) is 36.5 Å². The molecule has 0 radical (unpaired) electrons. The summed E-state index contributed by atoms with van der Waals surface area (Å²) in [4.78, 5) is 8.87. The second-order valence-corrected chi connectivity index (χ2v) is 11.0. The maximum atomic E-state index is 13.6. The minimum absolute atomic E-state index is 0.0680. The number of phenols is 1. The van der Waals surface area contributed by atoms with Gasteiger partial charge in [0.1, 0.15) is 5.75 Å². The average Bonchev–Trinajstić information content (AvgIpc) is 2.89. The van der Waals surface area contributed by atoms with Gasteiger partial charge in [0.15, 0.2) is 11.6 Å². The van der Waals surface area contributed by atoms with Crippen molar-refractivity contribution >= 4 is 16.0 Å². The Labute approximate surface area is 216 Å². The highest BCUT2D eigenvalue weighted by Crippen LogP contribution is 2.29. The van der Waals surface area contributed by atoms with Crippen molar-refractivity contribution < 1.29 is 22.7 Å². The number of anilines is 1. The number of sulfonamides is 1. The molecular weight excluding hydrogens is 497 g/mol. The van der Waals surface area contributed by atoms with Gasteiger partial charge in [0.2, 0.25) is 16.0 Å². The molecular formula is C26H32FN5O4S. The highest BCUT2D eigenvalue weighted by Gasteiger charge is 2.29. The predicted molar refractivity (Wildman–Crippen MR) is 141 cm³/mol. The van der Waals surface area contributed by atoms with Crippen LogP contribution in [0.15, 0.2) is 48.7 Å². The summed E-state index contributed by atoms with van der Waals surface area (Å²) in [6.45, 7) is 2.25. The van der Waals surface area contributed by atoms with Crippen LogP contribution in [0.25, 0.3) is 11.3 Å². The SMILES string of the molecule is COc1ccc(-c2ccnc(NCCc3ccc(O)c(F)c3)n2)cc1CN(C1CCNCC1)S(C)(=O)=O. The van der Waals surface area contributed by atoms with Crippen LogP contribution in [0.4, 0.5) is 10.3 Å². The fourth-order valence-corrected chi connectivity index (χ4v) is 5.60. The molecule has 0 bridgehead atoms. The predicted octanol–water partition coefficient (Wildman–Crippen LogP) is 3.17. The van der Waals surface area contributed by atoms with Gasteiger partial charge in [-0.2, -0.15) is 4.31 Å². The average molecular weight is 530 g/mol. The third-order valence-corrected chi connectivity index (χ3v) is 7.69. The third kappa shape index (κ3) is 6.94. The number of hydrogen-bond donors (Lipinski definition) is 3. The Hall–Kier alpha value is -3.28. The Balaban J connectivity index is 1.51. The van der Waals surface area contributed by atoms with E-state index < -0.39 is 15.8 Å². The van der Waals surface area contributed by atoms with E-state index in [1.54, 1.807) is 29.7 Å². The van der Waals surface area contributed by atoms with E-state index >= 15 is 0 Å². The molecule has 1 aliphatic rings. The first-order chi connectivity index (χ1) is 17.7. The van der Waals surface area contributed by atoms with Gasteiger partial charge in [-0.1, -0.05) is 6.07 Å². The number of aromatic hydroxyl groups is 1. The largest absolute Gasteiger partial charge is 0.505 e. The van der Waals surface area contributed by atoms with Crippen LogP contribution < -0.4 is 15.4 Å². The van der Waals surface area contributed by atoms with Gasteiger partial charge in [0.05, 0.1) is 19.1 Å². The third-order valence-electron chi connectivity index (χ3n) is 6.41. The van der Waals surface area contributed by atoms with Gasteiger partial charge in [-0.25, -0.2) is 22.8 Å². The van der Waals surface area contributed by atoms with Crippen LogP contribution in [0.1, 0.15) is 24.0 Å². The number of piperidine rings is 1. The molecule has 3 aromatic rings. The lowest BCUT2D eigenvalue weighted by Gasteiger charge is -2.33. The van der Waals surface area contributed by atoms with Crippen molar-refractivity contribution in [1.82, 2.24) is 19.6 Å².